The molecule has 0 saturated carbocycles. The van der Waals surface area contributed by atoms with Crippen molar-refractivity contribution in [3.8, 4) is 0 Å². The van der Waals surface area contributed by atoms with E-state index in [1.165, 1.54) is 38.5 Å². The fourth-order valence-corrected chi connectivity index (χ4v) is 1.67. The third kappa shape index (κ3) is 8.58. The average molecular weight is 235 g/mol. The molecule has 1 heteroatoms. The molecule has 0 aliphatic carbocycles. The van der Waals surface area contributed by atoms with E-state index in [-0.39, 0.29) is 0 Å². The van der Waals surface area contributed by atoms with E-state index in [0.29, 0.717) is 4.83 Å². The summed E-state index contributed by atoms with van der Waals surface area (Å²) in [5.41, 5.74) is 0. The van der Waals surface area contributed by atoms with Crippen molar-refractivity contribution in [1.29, 1.82) is 0 Å². The summed E-state index contributed by atoms with van der Waals surface area (Å²) in [6.07, 6.45) is 8.32. The first-order chi connectivity index (χ1) is 5.66. The van der Waals surface area contributed by atoms with Gasteiger partial charge in [0.2, 0.25) is 0 Å². The number of hydrogen-bond acceptors (Lipinski definition) is 0. The van der Waals surface area contributed by atoms with E-state index in [4.69, 9.17) is 0 Å². The van der Waals surface area contributed by atoms with Crippen LogP contribution in [0.2, 0.25) is 0 Å². The van der Waals surface area contributed by atoms with Gasteiger partial charge in [-0.05, 0) is 18.8 Å². The standard InChI is InChI=1S/C11H23Br/c1-4-5-6-7-10(2)8-9-11(3)12/h10-11H,4-9H2,1-3H3. The molecule has 0 heterocycles. The lowest BCUT2D eigenvalue weighted by Crippen LogP contribution is -1.98. The maximum atomic E-state index is 3.58. The Morgan fingerprint density at radius 3 is 2.17 bits per heavy atom. The Labute approximate surface area is 86.3 Å². The minimum absolute atomic E-state index is 0.700. The first-order valence-electron chi connectivity index (χ1n) is 5.30. The number of rotatable bonds is 7. The Hall–Kier alpha value is 0.480. The zero-order chi connectivity index (χ0) is 9.40. The summed E-state index contributed by atoms with van der Waals surface area (Å²) >= 11 is 3.58. The molecule has 0 N–H and O–H groups in total. The van der Waals surface area contributed by atoms with Crippen LogP contribution in [0.25, 0.3) is 0 Å². The number of alkyl halides is 1. The largest absolute Gasteiger partial charge is 0.0894 e. The molecule has 0 aromatic rings. The van der Waals surface area contributed by atoms with Gasteiger partial charge in [0.05, 0.1) is 0 Å². The molecular weight excluding hydrogens is 212 g/mol. The molecule has 0 aliphatic heterocycles. The predicted molar refractivity (Wildman–Crippen MR) is 60.9 cm³/mol. The molecule has 2 unspecified atom stereocenters. The Morgan fingerprint density at radius 1 is 1.00 bits per heavy atom. The van der Waals surface area contributed by atoms with E-state index in [2.05, 4.69) is 36.7 Å². The second-order valence-electron chi connectivity index (χ2n) is 3.96. The number of unbranched alkanes of at least 4 members (excludes halogenated alkanes) is 2. The second kappa shape index (κ2) is 8.10. The van der Waals surface area contributed by atoms with Gasteiger partial charge in [-0.15, -0.1) is 0 Å². The van der Waals surface area contributed by atoms with Crippen LogP contribution in [0.1, 0.15) is 59.3 Å². The molecule has 0 spiro atoms. The fraction of sp³-hybridized carbons (Fsp3) is 1.00. The first-order valence-corrected chi connectivity index (χ1v) is 6.22. The minimum Gasteiger partial charge on any atom is -0.0894 e. The second-order valence-corrected chi connectivity index (χ2v) is 5.52. The highest BCUT2D eigenvalue weighted by Crippen LogP contribution is 2.18. The monoisotopic (exact) mass is 234 g/mol. The molecular formula is C11H23Br. The molecule has 0 bridgehead atoms. The Morgan fingerprint density at radius 2 is 1.67 bits per heavy atom. The fourth-order valence-electron chi connectivity index (χ4n) is 1.40. The van der Waals surface area contributed by atoms with Crippen LogP contribution in [0.5, 0.6) is 0 Å². The first kappa shape index (κ1) is 12.5. The lowest BCUT2D eigenvalue weighted by Gasteiger charge is -2.11. The van der Waals surface area contributed by atoms with E-state index in [9.17, 15) is 0 Å². The molecule has 0 saturated heterocycles. The van der Waals surface area contributed by atoms with Gasteiger partial charge in [0.25, 0.3) is 0 Å². The quantitative estimate of drug-likeness (QED) is 0.440. The van der Waals surface area contributed by atoms with Crippen LogP contribution in [0.4, 0.5) is 0 Å². The molecule has 0 amide bonds. The van der Waals surface area contributed by atoms with Gasteiger partial charge in [-0.1, -0.05) is 62.4 Å². The third-order valence-electron chi connectivity index (χ3n) is 2.36. The van der Waals surface area contributed by atoms with Crippen LogP contribution in [0.15, 0.2) is 0 Å². The zero-order valence-corrected chi connectivity index (χ0v) is 10.4. The van der Waals surface area contributed by atoms with Crippen molar-refractivity contribution in [3.05, 3.63) is 0 Å². The zero-order valence-electron chi connectivity index (χ0n) is 8.78. The van der Waals surface area contributed by atoms with Gasteiger partial charge >= 0.3 is 0 Å². The Bertz CT molecular complexity index is 89.0. The van der Waals surface area contributed by atoms with Gasteiger partial charge in [-0.25, -0.2) is 0 Å². The highest BCUT2D eigenvalue weighted by Gasteiger charge is 2.03. The summed E-state index contributed by atoms with van der Waals surface area (Å²) in [7, 11) is 0. The van der Waals surface area contributed by atoms with Crippen molar-refractivity contribution in [2.75, 3.05) is 0 Å². The van der Waals surface area contributed by atoms with Crippen LogP contribution < -0.4 is 0 Å². The number of halogens is 1. The molecule has 0 rings (SSSR count). The lowest BCUT2D eigenvalue weighted by atomic mass is 9.98. The summed E-state index contributed by atoms with van der Waals surface area (Å²) in [5, 5.41) is 0. The van der Waals surface area contributed by atoms with Crippen LogP contribution >= 0.6 is 15.9 Å². The van der Waals surface area contributed by atoms with Gasteiger partial charge in [0.1, 0.15) is 0 Å². The summed E-state index contributed by atoms with van der Waals surface area (Å²) < 4.78 is 0. The topological polar surface area (TPSA) is 0 Å². The molecule has 0 nitrogen and oxygen atoms in total. The molecule has 2 atom stereocenters. The molecule has 0 aliphatic rings. The Kier molecular flexibility index (Phi) is 8.42. The summed E-state index contributed by atoms with van der Waals surface area (Å²) in [6, 6.07) is 0. The van der Waals surface area contributed by atoms with Crippen LogP contribution in [0.3, 0.4) is 0 Å². The smallest absolute Gasteiger partial charge is 0.0117 e. The number of hydrogen-bond donors (Lipinski definition) is 0. The molecule has 0 fully saturated rings. The maximum absolute atomic E-state index is 3.58. The van der Waals surface area contributed by atoms with Gasteiger partial charge < -0.3 is 0 Å². The van der Waals surface area contributed by atoms with E-state index in [1.54, 1.807) is 0 Å². The van der Waals surface area contributed by atoms with E-state index >= 15 is 0 Å². The van der Waals surface area contributed by atoms with Crippen LogP contribution in [0, 0.1) is 5.92 Å². The Balaban J connectivity index is 3.15. The maximum Gasteiger partial charge on any atom is 0.0117 e. The van der Waals surface area contributed by atoms with E-state index in [1.807, 2.05) is 0 Å². The van der Waals surface area contributed by atoms with Crippen molar-refractivity contribution >= 4 is 15.9 Å². The van der Waals surface area contributed by atoms with E-state index < -0.39 is 0 Å². The average Bonchev–Trinajstić information content (AvgIpc) is 2.01. The van der Waals surface area contributed by atoms with Crippen molar-refractivity contribution in [2.24, 2.45) is 5.92 Å². The van der Waals surface area contributed by atoms with Crippen molar-refractivity contribution in [3.63, 3.8) is 0 Å². The molecule has 0 radical (unpaired) electrons. The van der Waals surface area contributed by atoms with E-state index in [0.717, 1.165) is 5.92 Å². The third-order valence-corrected chi connectivity index (χ3v) is 2.82. The normalized spacial score (nSPS) is 16.0. The van der Waals surface area contributed by atoms with Crippen molar-refractivity contribution in [1.82, 2.24) is 0 Å². The van der Waals surface area contributed by atoms with Gasteiger partial charge in [-0.2, -0.15) is 0 Å². The van der Waals surface area contributed by atoms with Gasteiger partial charge in [-0.3, -0.25) is 0 Å². The highest BCUT2D eigenvalue weighted by atomic mass is 79.9. The van der Waals surface area contributed by atoms with Crippen LogP contribution in [-0.4, -0.2) is 4.83 Å². The van der Waals surface area contributed by atoms with Crippen molar-refractivity contribution in [2.45, 2.75) is 64.1 Å². The van der Waals surface area contributed by atoms with Gasteiger partial charge in [0, 0.05) is 4.83 Å². The highest BCUT2D eigenvalue weighted by molar-refractivity contribution is 9.09. The molecule has 0 aromatic carbocycles. The molecule has 74 valence electrons. The summed E-state index contributed by atoms with van der Waals surface area (Å²) in [5.74, 6) is 0.927. The molecule has 12 heavy (non-hydrogen) atoms. The van der Waals surface area contributed by atoms with Crippen molar-refractivity contribution < 1.29 is 0 Å². The summed E-state index contributed by atoms with van der Waals surface area (Å²) in [6.45, 7) is 6.88. The van der Waals surface area contributed by atoms with Crippen LogP contribution in [-0.2, 0) is 0 Å². The minimum atomic E-state index is 0.700. The molecule has 0 aromatic heterocycles. The SMILES string of the molecule is CCCCCC(C)CCC(C)Br. The summed E-state index contributed by atoms with van der Waals surface area (Å²) in [4.78, 5) is 0.700. The van der Waals surface area contributed by atoms with Gasteiger partial charge in [0.15, 0.2) is 0 Å². The predicted octanol–water partition coefficient (Wildman–Crippen LogP) is 4.77. The lowest BCUT2D eigenvalue weighted by molar-refractivity contribution is 0.451.